The van der Waals surface area contributed by atoms with Crippen LogP contribution in [0, 0.1) is 0 Å². The summed E-state index contributed by atoms with van der Waals surface area (Å²) >= 11 is 7.36. The first-order chi connectivity index (χ1) is 5.27. The number of hydrogen-bond acceptors (Lipinski definition) is 3. The van der Waals surface area contributed by atoms with Crippen molar-refractivity contribution in [3.63, 3.8) is 0 Å². The minimum atomic E-state index is 0.494. The van der Waals surface area contributed by atoms with E-state index in [9.17, 15) is 0 Å². The third-order valence-electron chi connectivity index (χ3n) is 1.37. The average molecular weight is 230 g/mol. The zero-order chi connectivity index (χ0) is 7.84. The molecule has 0 aliphatic carbocycles. The highest BCUT2D eigenvalue weighted by atomic mass is 79.9. The quantitative estimate of drug-likeness (QED) is 0.704. The van der Waals surface area contributed by atoms with Crippen LogP contribution in [0.25, 0.3) is 11.1 Å². The monoisotopic (exact) mass is 229 g/mol. The van der Waals surface area contributed by atoms with E-state index in [-0.39, 0.29) is 0 Å². The molecule has 0 atom stereocenters. The van der Waals surface area contributed by atoms with E-state index >= 15 is 0 Å². The van der Waals surface area contributed by atoms with Crippen molar-refractivity contribution in [3.8, 4) is 0 Å². The summed E-state index contributed by atoms with van der Waals surface area (Å²) in [5.41, 5.74) is 1.55. The van der Waals surface area contributed by atoms with Gasteiger partial charge in [0.2, 0.25) is 0 Å². The first kappa shape index (κ1) is 7.18. The van der Waals surface area contributed by atoms with Gasteiger partial charge in [0.15, 0.2) is 5.58 Å². The Labute approximate surface area is 77.1 Å². The van der Waals surface area contributed by atoms with E-state index in [1.54, 1.807) is 0 Å². The predicted molar refractivity (Wildman–Crippen MR) is 49.0 cm³/mol. The Morgan fingerprint density at radius 3 is 3.00 bits per heavy atom. The maximum Gasteiger partial charge on any atom is 0.265 e. The van der Waals surface area contributed by atoms with Crippen molar-refractivity contribution in [2.24, 2.45) is 0 Å². The van der Waals surface area contributed by atoms with Crippen molar-refractivity contribution in [2.45, 2.75) is 4.90 Å². The molecule has 4 heteroatoms. The van der Waals surface area contributed by atoms with Crippen molar-refractivity contribution in [1.82, 2.24) is 4.98 Å². The lowest BCUT2D eigenvalue weighted by atomic mass is 10.3. The van der Waals surface area contributed by atoms with Crippen molar-refractivity contribution in [1.29, 1.82) is 0 Å². The molecule has 0 saturated heterocycles. The van der Waals surface area contributed by atoms with Gasteiger partial charge in [0.1, 0.15) is 5.52 Å². The topological polar surface area (TPSA) is 26.0 Å². The number of benzene rings is 1. The number of oxazole rings is 1. The van der Waals surface area contributed by atoms with Crippen LogP contribution in [0.1, 0.15) is 0 Å². The summed E-state index contributed by atoms with van der Waals surface area (Å²) < 4.78 is 5.23. The van der Waals surface area contributed by atoms with E-state index in [1.165, 1.54) is 0 Å². The summed E-state index contributed by atoms with van der Waals surface area (Å²) in [7, 11) is 0. The second-order valence-electron chi connectivity index (χ2n) is 2.09. The number of rotatable bonds is 0. The molecule has 0 radical (unpaired) electrons. The Balaban J connectivity index is 2.90. The highest BCUT2D eigenvalue weighted by Crippen LogP contribution is 2.24. The molecule has 56 valence electrons. The number of fused-ring (bicyclic) bond motifs is 1. The minimum absolute atomic E-state index is 0.494. The molecule has 1 heterocycles. The number of aromatic nitrogens is 1. The van der Waals surface area contributed by atoms with Crippen molar-refractivity contribution >= 4 is 39.7 Å². The number of thiol groups is 1. The van der Waals surface area contributed by atoms with Crippen molar-refractivity contribution in [3.05, 3.63) is 23.0 Å². The van der Waals surface area contributed by atoms with Gasteiger partial charge in [0.25, 0.3) is 4.80 Å². The molecule has 0 N–H and O–H groups in total. The van der Waals surface area contributed by atoms with Gasteiger partial charge < -0.3 is 4.42 Å². The molecule has 0 bridgehead atoms. The molecule has 0 aliphatic rings. The molecular weight excluding hydrogens is 226 g/mol. The molecule has 0 saturated carbocycles. The summed E-state index contributed by atoms with van der Waals surface area (Å²) in [5, 5.41) is 0. The van der Waals surface area contributed by atoms with Gasteiger partial charge in [-0.1, -0.05) is 6.07 Å². The number of halogens is 1. The molecule has 1 aromatic carbocycles. The first-order valence-corrected chi connectivity index (χ1v) is 4.25. The van der Waals surface area contributed by atoms with E-state index in [0.29, 0.717) is 4.80 Å². The zero-order valence-electron chi connectivity index (χ0n) is 5.41. The predicted octanol–water partition coefficient (Wildman–Crippen LogP) is 2.88. The fourth-order valence-corrected chi connectivity index (χ4v) is 1.51. The molecule has 1 aromatic heterocycles. The number of para-hydroxylation sites is 1. The van der Waals surface area contributed by atoms with Crippen LogP contribution in [-0.2, 0) is 0 Å². The Kier molecular flexibility index (Phi) is 1.65. The lowest BCUT2D eigenvalue weighted by Gasteiger charge is -1.88. The summed E-state index contributed by atoms with van der Waals surface area (Å²) in [6.07, 6.45) is 0. The molecule has 2 nitrogen and oxygen atoms in total. The van der Waals surface area contributed by atoms with Crippen LogP contribution in [0.2, 0.25) is 0 Å². The van der Waals surface area contributed by atoms with Crippen LogP contribution in [0.3, 0.4) is 0 Å². The van der Waals surface area contributed by atoms with Crippen LogP contribution in [-0.4, -0.2) is 4.98 Å². The average Bonchev–Trinajstić information content (AvgIpc) is 2.31. The molecule has 0 aliphatic heterocycles. The molecule has 0 amide bonds. The summed E-state index contributed by atoms with van der Waals surface area (Å²) in [5.74, 6) is 0. The molecule has 11 heavy (non-hydrogen) atoms. The second-order valence-corrected chi connectivity index (χ2v) is 3.25. The Morgan fingerprint density at radius 1 is 1.45 bits per heavy atom. The molecule has 2 rings (SSSR count). The van der Waals surface area contributed by atoms with Crippen molar-refractivity contribution < 1.29 is 4.42 Å². The Morgan fingerprint density at radius 2 is 2.27 bits per heavy atom. The van der Waals surface area contributed by atoms with Crippen molar-refractivity contribution in [2.75, 3.05) is 0 Å². The van der Waals surface area contributed by atoms with E-state index in [2.05, 4.69) is 33.5 Å². The summed E-state index contributed by atoms with van der Waals surface area (Å²) in [6.45, 7) is 0. The minimum Gasteiger partial charge on any atom is -0.430 e. The maximum absolute atomic E-state index is 5.23. The van der Waals surface area contributed by atoms with Gasteiger partial charge in [-0.25, -0.2) is 4.98 Å². The molecule has 0 fully saturated rings. The van der Waals surface area contributed by atoms with Crippen LogP contribution in [0.4, 0.5) is 0 Å². The normalized spacial score (nSPS) is 10.7. The number of nitrogens with zero attached hydrogens (tertiary/aromatic N) is 1. The second kappa shape index (κ2) is 2.53. The molecule has 0 spiro atoms. The lowest BCUT2D eigenvalue weighted by Crippen LogP contribution is -1.67. The number of hydrogen-bond donors (Lipinski definition) is 1. The van der Waals surface area contributed by atoms with Gasteiger partial charge in [-0.2, -0.15) is 0 Å². The van der Waals surface area contributed by atoms with E-state index in [4.69, 9.17) is 4.42 Å². The smallest absolute Gasteiger partial charge is 0.265 e. The molecule has 2 aromatic rings. The Hall–Kier alpha value is -0.480. The standard InChI is InChI=1S/C7H4BrNOS/c8-7-9-4-2-1-3-5(11)6(4)10-7/h1-3,11H. The third kappa shape index (κ3) is 1.16. The largest absolute Gasteiger partial charge is 0.430 e. The van der Waals surface area contributed by atoms with Gasteiger partial charge in [0.05, 0.1) is 0 Å². The van der Waals surface area contributed by atoms with Crippen LogP contribution in [0.5, 0.6) is 0 Å². The molecular formula is C7H4BrNOS. The van der Waals surface area contributed by atoms with E-state index < -0.39 is 0 Å². The fourth-order valence-electron chi connectivity index (χ4n) is 0.907. The molecule has 0 unspecified atom stereocenters. The zero-order valence-corrected chi connectivity index (χ0v) is 7.89. The fraction of sp³-hybridized carbons (Fsp3) is 0. The van der Waals surface area contributed by atoms with Gasteiger partial charge >= 0.3 is 0 Å². The van der Waals surface area contributed by atoms with Gasteiger partial charge in [-0.3, -0.25) is 0 Å². The first-order valence-electron chi connectivity index (χ1n) is 3.01. The van der Waals surface area contributed by atoms with E-state index in [1.807, 2.05) is 18.2 Å². The maximum atomic E-state index is 5.23. The van der Waals surface area contributed by atoms with E-state index in [0.717, 1.165) is 16.0 Å². The van der Waals surface area contributed by atoms with Gasteiger partial charge in [0, 0.05) is 20.8 Å². The summed E-state index contributed by atoms with van der Waals surface area (Å²) in [6, 6.07) is 5.63. The summed E-state index contributed by atoms with van der Waals surface area (Å²) in [4.78, 5) is 5.38. The highest BCUT2D eigenvalue weighted by Gasteiger charge is 2.03. The van der Waals surface area contributed by atoms with Gasteiger partial charge in [-0.15, -0.1) is 12.6 Å². The Bertz CT molecular complexity index is 398. The lowest BCUT2D eigenvalue weighted by molar-refractivity contribution is 0.564. The third-order valence-corrected chi connectivity index (χ3v) is 2.06. The van der Waals surface area contributed by atoms with Crippen LogP contribution >= 0.6 is 28.6 Å². The van der Waals surface area contributed by atoms with Crippen LogP contribution < -0.4 is 0 Å². The highest BCUT2D eigenvalue weighted by molar-refractivity contribution is 9.10. The SMILES string of the molecule is Sc1cccc2nc(Br)oc12. The van der Waals surface area contributed by atoms with Crippen LogP contribution in [0.15, 0.2) is 32.3 Å². The van der Waals surface area contributed by atoms with Gasteiger partial charge in [-0.05, 0) is 12.1 Å².